The van der Waals surface area contributed by atoms with Gasteiger partial charge in [-0.25, -0.2) is 0 Å². The van der Waals surface area contributed by atoms with E-state index < -0.39 is 0 Å². The number of aryl methyl sites for hydroxylation is 1. The molecule has 5 nitrogen and oxygen atoms in total. The predicted octanol–water partition coefficient (Wildman–Crippen LogP) is 1.87. The Balaban J connectivity index is 2.03. The number of carbonyl (C=O) groups excluding carboxylic acids is 1. The molecule has 0 unspecified atom stereocenters. The molecule has 2 heterocycles. The Morgan fingerprint density at radius 1 is 1.36 bits per heavy atom. The summed E-state index contributed by atoms with van der Waals surface area (Å²) >= 11 is 0. The molecule has 5 heteroatoms. The lowest BCUT2D eigenvalue weighted by atomic mass is 9.92. The fraction of sp³-hybridized carbons (Fsp3) is 0.706. The van der Waals surface area contributed by atoms with Gasteiger partial charge in [-0.2, -0.15) is 0 Å². The van der Waals surface area contributed by atoms with Gasteiger partial charge in [0.1, 0.15) is 11.5 Å². The Kier molecular flexibility index (Phi) is 6.03. The van der Waals surface area contributed by atoms with E-state index in [-0.39, 0.29) is 11.8 Å². The lowest BCUT2D eigenvalue weighted by molar-refractivity contribution is -0.137. The summed E-state index contributed by atoms with van der Waals surface area (Å²) in [6, 6.07) is 4.34. The number of rotatable bonds is 6. The molecule has 124 valence electrons. The minimum absolute atomic E-state index is 0.134. The monoisotopic (exact) mass is 307 g/mol. The number of nitrogens with one attached hydrogen (secondary N) is 1. The van der Waals surface area contributed by atoms with Gasteiger partial charge in [0.15, 0.2) is 0 Å². The fourth-order valence-electron chi connectivity index (χ4n) is 2.96. The third kappa shape index (κ3) is 4.85. The van der Waals surface area contributed by atoms with Crippen LogP contribution in [0.25, 0.3) is 0 Å². The molecule has 1 aromatic rings. The number of nitrogens with zero attached hydrogens (tertiary/aromatic N) is 2. The topological polar surface area (TPSA) is 48.7 Å². The van der Waals surface area contributed by atoms with Crippen molar-refractivity contribution in [2.75, 3.05) is 33.7 Å². The van der Waals surface area contributed by atoms with E-state index in [4.69, 9.17) is 4.42 Å². The first kappa shape index (κ1) is 17.0. The van der Waals surface area contributed by atoms with Crippen LogP contribution in [-0.2, 0) is 11.3 Å². The third-order valence-corrected chi connectivity index (χ3v) is 4.24. The van der Waals surface area contributed by atoms with Gasteiger partial charge < -0.3 is 19.5 Å². The first-order valence-electron chi connectivity index (χ1n) is 8.18. The molecule has 1 aromatic heterocycles. The highest BCUT2D eigenvalue weighted by atomic mass is 16.3. The Morgan fingerprint density at radius 3 is 2.73 bits per heavy atom. The van der Waals surface area contributed by atoms with Crippen molar-refractivity contribution in [2.24, 2.45) is 5.92 Å². The Labute approximate surface area is 133 Å². The maximum absolute atomic E-state index is 12.9. The largest absolute Gasteiger partial charge is 0.464 e. The number of likely N-dealkylation sites (N-methyl/N-ethyl adjacent to an activating group) is 1. The van der Waals surface area contributed by atoms with Crippen LogP contribution in [0.3, 0.4) is 0 Å². The van der Waals surface area contributed by atoms with E-state index in [0.717, 1.165) is 44.0 Å². The molecule has 22 heavy (non-hydrogen) atoms. The molecule has 2 atom stereocenters. The molecular weight excluding hydrogens is 278 g/mol. The molecule has 0 spiro atoms. The minimum atomic E-state index is 0.134. The van der Waals surface area contributed by atoms with E-state index in [1.807, 2.05) is 38.1 Å². The van der Waals surface area contributed by atoms with E-state index in [1.165, 1.54) is 0 Å². The van der Waals surface area contributed by atoms with Crippen molar-refractivity contribution >= 4 is 5.91 Å². The molecule has 0 saturated carbocycles. The van der Waals surface area contributed by atoms with E-state index in [2.05, 4.69) is 17.1 Å². The zero-order chi connectivity index (χ0) is 16.1. The third-order valence-electron chi connectivity index (χ3n) is 4.24. The van der Waals surface area contributed by atoms with E-state index in [0.29, 0.717) is 12.6 Å². The van der Waals surface area contributed by atoms with Crippen molar-refractivity contribution < 1.29 is 9.21 Å². The number of furan rings is 1. The highest BCUT2D eigenvalue weighted by Gasteiger charge is 2.29. The summed E-state index contributed by atoms with van der Waals surface area (Å²) in [6.07, 6.45) is 1.85. The van der Waals surface area contributed by atoms with Gasteiger partial charge in [-0.05, 0) is 59.5 Å². The van der Waals surface area contributed by atoms with Crippen LogP contribution in [0.2, 0.25) is 0 Å². The summed E-state index contributed by atoms with van der Waals surface area (Å²) in [4.78, 5) is 17.0. The van der Waals surface area contributed by atoms with Gasteiger partial charge in [0.25, 0.3) is 0 Å². The van der Waals surface area contributed by atoms with Crippen LogP contribution in [0.1, 0.15) is 31.3 Å². The zero-order valence-electron chi connectivity index (χ0n) is 14.3. The standard InChI is InChI=1S/C17H29N3O2/c1-13-11-15(7-8-18-13)17(21)20(10-9-19(3)4)12-16-6-5-14(2)22-16/h5-6,13,15,18H,7-12H2,1-4H3/t13-,15-/m0/s1. The molecule has 1 aliphatic heterocycles. The Bertz CT molecular complexity index is 484. The van der Waals surface area contributed by atoms with E-state index in [1.54, 1.807) is 0 Å². The van der Waals surface area contributed by atoms with Crippen LogP contribution in [0, 0.1) is 12.8 Å². The lowest BCUT2D eigenvalue weighted by Crippen LogP contribution is -2.45. The zero-order valence-corrected chi connectivity index (χ0v) is 14.3. The molecule has 1 fully saturated rings. The lowest BCUT2D eigenvalue weighted by Gasteiger charge is -2.32. The van der Waals surface area contributed by atoms with Gasteiger partial charge in [0.05, 0.1) is 6.54 Å². The molecule has 1 N–H and O–H groups in total. The number of hydrogen-bond donors (Lipinski definition) is 1. The van der Waals surface area contributed by atoms with Crippen LogP contribution in [0.15, 0.2) is 16.5 Å². The fourth-order valence-corrected chi connectivity index (χ4v) is 2.96. The first-order chi connectivity index (χ1) is 10.5. The predicted molar refractivity (Wildman–Crippen MR) is 87.6 cm³/mol. The number of carbonyl (C=O) groups is 1. The summed E-state index contributed by atoms with van der Waals surface area (Å²) in [5.74, 6) is 2.16. The average Bonchev–Trinajstić information content (AvgIpc) is 2.88. The van der Waals surface area contributed by atoms with Gasteiger partial charge >= 0.3 is 0 Å². The highest BCUT2D eigenvalue weighted by molar-refractivity contribution is 5.79. The molecule has 1 amide bonds. The first-order valence-corrected chi connectivity index (χ1v) is 8.18. The van der Waals surface area contributed by atoms with Crippen LogP contribution < -0.4 is 5.32 Å². The van der Waals surface area contributed by atoms with Crippen molar-refractivity contribution in [1.29, 1.82) is 0 Å². The van der Waals surface area contributed by atoms with Gasteiger partial charge in [0.2, 0.25) is 5.91 Å². The normalized spacial score (nSPS) is 22.0. The second-order valence-electron chi connectivity index (χ2n) is 6.65. The minimum Gasteiger partial charge on any atom is -0.464 e. The highest BCUT2D eigenvalue weighted by Crippen LogP contribution is 2.20. The van der Waals surface area contributed by atoms with Crippen LogP contribution >= 0.6 is 0 Å². The maximum Gasteiger partial charge on any atom is 0.226 e. The molecule has 0 bridgehead atoms. The second-order valence-corrected chi connectivity index (χ2v) is 6.65. The van der Waals surface area contributed by atoms with Crippen LogP contribution in [0.4, 0.5) is 0 Å². The van der Waals surface area contributed by atoms with Gasteiger partial charge in [-0.1, -0.05) is 0 Å². The van der Waals surface area contributed by atoms with E-state index >= 15 is 0 Å². The molecule has 1 aliphatic rings. The molecule has 0 aromatic carbocycles. The Morgan fingerprint density at radius 2 is 2.14 bits per heavy atom. The van der Waals surface area contributed by atoms with Crippen LogP contribution in [-0.4, -0.2) is 55.5 Å². The summed E-state index contributed by atoms with van der Waals surface area (Å²) in [7, 11) is 4.07. The summed E-state index contributed by atoms with van der Waals surface area (Å²) in [5.41, 5.74) is 0. The molecular formula is C17H29N3O2. The van der Waals surface area contributed by atoms with Gasteiger partial charge in [-0.3, -0.25) is 4.79 Å². The number of amides is 1. The van der Waals surface area contributed by atoms with Gasteiger partial charge in [0, 0.05) is 25.0 Å². The molecule has 0 aliphatic carbocycles. The quantitative estimate of drug-likeness (QED) is 0.871. The number of piperidine rings is 1. The second kappa shape index (κ2) is 7.79. The van der Waals surface area contributed by atoms with Crippen LogP contribution in [0.5, 0.6) is 0 Å². The summed E-state index contributed by atoms with van der Waals surface area (Å²) in [5, 5.41) is 3.41. The molecule has 1 saturated heterocycles. The van der Waals surface area contributed by atoms with Gasteiger partial charge in [-0.15, -0.1) is 0 Å². The summed E-state index contributed by atoms with van der Waals surface area (Å²) in [6.45, 7) is 7.19. The average molecular weight is 307 g/mol. The van der Waals surface area contributed by atoms with Crippen molar-refractivity contribution in [3.63, 3.8) is 0 Å². The molecule has 0 radical (unpaired) electrons. The smallest absolute Gasteiger partial charge is 0.226 e. The van der Waals surface area contributed by atoms with Crippen molar-refractivity contribution in [2.45, 2.75) is 39.3 Å². The Hall–Kier alpha value is -1.33. The summed E-state index contributed by atoms with van der Waals surface area (Å²) < 4.78 is 5.66. The number of hydrogen-bond acceptors (Lipinski definition) is 4. The van der Waals surface area contributed by atoms with Crippen molar-refractivity contribution in [1.82, 2.24) is 15.1 Å². The maximum atomic E-state index is 12.9. The van der Waals surface area contributed by atoms with Crippen molar-refractivity contribution in [3.05, 3.63) is 23.7 Å². The van der Waals surface area contributed by atoms with Crippen molar-refractivity contribution in [3.8, 4) is 0 Å². The SMILES string of the molecule is Cc1ccc(CN(CCN(C)C)C(=O)[C@H]2CCN[C@@H](C)C2)o1. The molecule has 2 rings (SSSR count). The van der Waals surface area contributed by atoms with E-state index in [9.17, 15) is 4.79 Å².